The van der Waals surface area contributed by atoms with Crippen LogP contribution in [-0.4, -0.2) is 58.4 Å². The van der Waals surface area contributed by atoms with E-state index in [2.05, 4.69) is 6.58 Å². The molecule has 2 atom stereocenters. The fourth-order valence-corrected chi connectivity index (χ4v) is 3.96. The van der Waals surface area contributed by atoms with Crippen molar-refractivity contribution in [1.82, 2.24) is 14.7 Å². The molecule has 1 aromatic rings. The standard InChI is InChI=1S/C19H20ClN5O2/c1-5-9-23-17(26)15-16(22(4)19(23)27)21-18-24(15)10-11(2)25(18)14-8-6-7-13(20)12(14)3/h5-8,10,15-16H,1,9H2,2-4H3. The molecule has 0 bridgehead atoms. The van der Waals surface area contributed by atoms with Gasteiger partial charge in [-0.2, -0.15) is 0 Å². The quantitative estimate of drug-likeness (QED) is 0.751. The third kappa shape index (κ3) is 2.38. The summed E-state index contributed by atoms with van der Waals surface area (Å²) in [5, 5.41) is 0.662. The molecule has 1 fully saturated rings. The number of halogens is 1. The van der Waals surface area contributed by atoms with Gasteiger partial charge in [-0.15, -0.1) is 6.58 Å². The Labute approximate surface area is 162 Å². The summed E-state index contributed by atoms with van der Waals surface area (Å²) in [6.45, 7) is 7.72. The van der Waals surface area contributed by atoms with Gasteiger partial charge in [-0.05, 0) is 31.5 Å². The SMILES string of the molecule is C=CCN1C(=O)C2C(N=C3N(c4cccc(Cl)c4C)C(C)=CN32)N(C)C1=O. The Kier molecular flexibility index (Phi) is 3.99. The molecular formula is C19H20ClN5O2. The van der Waals surface area contributed by atoms with Crippen LogP contribution < -0.4 is 4.90 Å². The van der Waals surface area contributed by atoms with E-state index >= 15 is 0 Å². The Bertz CT molecular complexity index is 925. The number of imide groups is 1. The van der Waals surface area contributed by atoms with Crippen LogP contribution in [0.4, 0.5) is 10.5 Å². The average molecular weight is 386 g/mol. The van der Waals surface area contributed by atoms with Gasteiger partial charge in [0.2, 0.25) is 5.96 Å². The lowest BCUT2D eigenvalue weighted by Crippen LogP contribution is -2.64. The summed E-state index contributed by atoms with van der Waals surface area (Å²) < 4.78 is 0. The van der Waals surface area contributed by atoms with E-state index in [9.17, 15) is 9.59 Å². The summed E-state index contributed by atoms with van der Waals surface area (Å²) in [6.07, 6.45) is 2.89. The van der Waals surface area contributed by atoms with Crippen LogP contribution in [0, 0.1) is 6.92 Å². The van der Waals surface area contributed by atoms with E-state index < -0.39 is 12.2 Å². The highest BCUT2D eigenvalue weighted by Gasteiger charge is 2.54. The monoisotopic (exact) mass is 385 g/mol. The van der Waals surface area contributed by atoms with Crippen molar-refractivity contribution in [3.05, 3.63) is 53.3 Å². The molecule has 3 aliphatic rings. The van der Waals surface area contributed by atoms with Gasteiger partial charge in [0, 0.05) is 30.5 Å². The van der Waals surface area contributed by atoms with Crippen molar-refractivity contribution in [2.75, 3.05) is 18.5 Å². The number of hydrogen-bond donors (Lipinski definition) is 0. The molecule has 7 nitrogen and oxygen atoms in total. The molecule has 0 radical (unpaired) electrons. The predicted molar refractivity (Wildman–Crippen MR) is 104 cm³/mol. The van der Waals surface area contributed by atoms with Gasteiger partial charge < -0.3 is 9.80 Å². The Balaban J connectivity index is 1.77. The maximum absolute atomic E-state index is 13.0. The number of allylic oxidation sites excluding steroid dienone is 1. The van der Waals surface area contributed by atoms with E-state index in [1.807, 2.05) is 48.0 Å². The number of nitrogens with zero attached hydrogens (tertiary/aromatic N) is 5. The van der Waals surface area contributed by atoms with Crippen LogP contribution in [0.25, 0.3) is 0 Å². The minimum absolute atomic E-state index is 0.175. The third-order valence-corrected chi connectivity index (χ3v) is 5.59. The van der Waals surface area contributed by atoms with Gasteiger partial charge in [-0.25, -0.2) is 9.79 Å². The van der Waals surface area contributed by atoms with E-state index in [1.165, 1.54) is 9.80 Å². The Morgan fingerprint density at radius 2 is 2.04 bits per heavy atom. The second-order valence-corrected chi connectivity index (χ2v) is 7.22. The molecule has 0 aromatic heterocycles. The van der Waals surface area contributed by atoms with Crippen LogP contribution in [0.2, 0.25) is 5.02 Å². The van der Waals surface area contributed by atoms with Crippen LogP contribution >= 0.6 is 11.6 Å². The molecule has 0 spiro atoms. The molecule has 27 heavy (non-hydrogen) atoms. The lowest BCUT2D eigenvalue weighted by atomic mass is 10.1. The summed E-state index contributed by atoms with van der Waals surface area (Å²) >= 11 is 6.30. The first kappa shape index (κ1) is 17.6. The third-order valence-electron chi connectivity index (χ3n) is 5.18. The molecule has 0 N–H and O–H groups in total. The number of guanidine groups is 1. The van der Waals surface area contributed by atoms with Crippen molar-refractivity contribution in [3.63, 3.8) is 0 Å². The first-order valence-electron chi connectivity index (χ1n) is 8.65. The zero-order chi connectivity index (χ0) is 19.5. The zero-order valence-corrected chi connectivity index (χ0v) is 16.1. The van der Waals surface area contributed by atoms with E-state index in [-0.39, 0.29) is 18.5 Å². The molecule has 4 rings (SSSR count). The van der Waals surface area contributed by atoms with Gasteiger partial charge in [0.05, 0.1) is 5.69 Å². The van der Waals surface area contributed by atoms with Gasteiger partial charge in [0.15, 0.2) is 12.2 Å². The molecule has 140 valence electrons. The van der Waals surface area contributed by atoms with E-state index in [0.717, 1.165) is 16.9 Å². The fraction of sp³-hybridized carbons (Fsp3) is 0.316. The molecule has 1 saturated heterocycles. The second-order valence-electron chi connectivity index (χ2n) is 6.82. The van der Waals surface area contributed by atoms with Gasteiger partial charge >= 0.3 is 6.03 Å². The molecule has 0 aliphatic carbocycles. The summed E-state index contributed by atoms with van der Waals surface area (Å²) in [5.74, 6) is 0.358. The van der Waals surface area contributed by atoms with Gasteiger partial charge in [0.25, 0.3) is 5.91 Å². The van der Waals surface area contributed by atoms with Gasteiger partial charge in [0.1, 0.15) is 0 Å². The smallest absolute Gasteiger partial charge is 0.302 e. The Hall–Kier alpha value is -2.80. The first-order chi connectivity index (χ1) is 12.9. The van der Waals surface area contributed by atoms with Crippen LogP contribution in [0.3, 0.4) is 0 Å². The second kappa shape index (κ2) is 6.13. The first-order valence-corrected chi connectivity index (χ1v) is 9.03. The summed E-state index contributed by atoms with van der Waals surface area (Å²) in [5.41, 5.74) is 2.76. The number of carbonyl (C=O) groups is 2. The fourth-order valence-electron chi connectivity index (χ4n) is 3.79. The largest absolute Gasteiger partial charge is 0.328 e. The van der Waals surface area contributed by atoms with E-state index in [1.54, 1.807) is 13.1 Å². The van der Waals surface area contributed by atoms with Crippen molar-refractivity contribution in [2.45, 2.75) is 26.1 Å². The maximum atomic E-state index is 13.0. The molecule has 8 heteroatoms. The van der Waals surface area contributed by atoms with Crippen LogP contribution in [-0.2, 0) is 4.79 Å². The lowest BCUT2D eigenvalue weighted by molar-refractivity contribution is -0.136. The highest BCUT2D eigenvalue weighted by atomic mass is 35.5. The number of carbonyl (C=O) groups excluding carboxylic acids is 2. The number of likely N-dealkylation sites (N-methyl/N-ethyl adjacent to an activating group) is 1. The van der Waals surface area contributed by atoms with Crippen molar-refractivity contribution < 1.29 is 9.59 Å². The highest BCUT2D eigenvalue weighted by molar-refractivity contribution is 6.32. The number of aliphatic imine (C=N–C) groups is 1. The van der Waals surface area contributed by atoms with E-state index in [4.69, 9.17) is 16.6 Å². The molecule has 3 amide bonds. The number of benzene rings is 1. The minimum atomic E-state index is -0.581. The number of anilines is 1. The maximum Gasteiger partial charge on any atom is 0.328 e. The molecular weight excluding hydrogens is 366 g/mol. The lowest BCUT2D eigenvalue weighted by Gasteiger charge is -2.39. The van der Waals surface area contributed by atoms with Crippen LogP contribution in [0.15, 0.2) is 47.7 Å². The van der Waals surface area contributed by atoms with Gasteiger partial charge in [-0.3, -0.25) is 14.6 Å². The number of hydrogen-bond acceptors (Lipinski definition) is 5. The zero-order valence-electron chi connectivity index (χ0n) is 15.4. The van der Waals surface area contributed by atoms with E-state index in [0.29, 0.717) is 11.0 Å². The predicted octanol–water partition coefficient (Wildman–Crippen LogP) is 2.78. The normalized spacial score (nSPS) is 24.1. The topological polar surface area (TPSA) is 59.5 Å². The molecule has 3 aliphatic heterocycles. The van der Waals surface area contributed by atoms with Crippen molar-refractivity contribution >= 4 is 35.2 Å². The van der Waals surface area contributed by atoms with Crippen molar-refractivity contribution in [2.24, 2.45) is 4.99 Å². The van der Waals surface area contributed by atoms with Gasteiger partial charge in [-0.1, -0.05) is 23.7 Å². The molecule has 0 saturated carbocycles. The average Bonchev–Trinajstić information content (AvgIpc) is 3.14. The molecule has 3 heterocycles. The highest BCUT2D eigenvalue weighted by Crippen LogP contribution is 2.38. The summed E-state index contributed by atoms with van der Waals surface area (Å²) in [4.78, 5) is 36.8. The van der Waals surface area contributed by atoms with Crippen LogP contribution in [0.5, 0.6) is 0 Å². The Morgan fingerprint density at radius 1 is 1.30 bits per heavy atom. The number of fused-ring (bicyclic) bond motifs is 3. The molecule has 2 unspecified atom stereocenters. The minimum Gasteiger partial charge on any atom is -0.302 e. The summed E-state index contributed by atoms with van der Waals surface area (Å²) in [7, 11) is 1.67. The number of amides is 3. The van der Waals surface area contributed by atoms with Crippen molar-refractivity contribution in [3.8, 4) is 0 Å². The van der Waals surface area contributed by atoms with Crippen LogP contribution in [0.1, 0.15) is 12.5 Å². The Morgan fingerprint density at radius 3 is 2.74 bits per heavy atom. The number of urea groups is 1. The van der Waals surface area contributed by atoms with Crippen molar-refractivity contribution in [1.29, 1.82) is 0 Å². The molecule has 1 aromatic carbocycles. The summed E-state index contributed by atoms with van der Waals surface area (Å²) in [6, 6.07) is 4.75. The number of rotatable bonds is 3.